The second kappa shape index (κ2) is 6.44. The van der Waals surface area contributed by atoms with Crippen molar-refractivity contribution in [2.24, 2.45) is 11.5 Å². The van der Waals surface area contributed by atoms with E-state index < -0.39 is 6.09 Å². The van der Waals surface area contributed by atoms with Crippen molar-refractivity contribution in [1.82, 2.24) is 5.32 Å². The zero-order valence-corrected chi connectivity index (χ0v) is 10.0. The van der Waals surface area contributed by atoms with E-state index in [0.717, 1.165) is 25.7 Å². The van der Waals surface area contributed by atoms with E-state index in [1.54, 1.807) is 0 Å². The summed E-state index contributed by atoms with van der Waals surface area (Å²) in [4.78, 5) is 21.9. The Labute approximate surface area is 101 Å². The van der Waals surface area contributed by atoms with Gasteiger partial charge >= 0.3 is 6.09 Å². The van der Waals surface area contributed by atoms with Gasteiger partial charge in [-0.15, -0.1) is 0 Å². The molecule has 0 atom stereocenters. The molecule has 1 aliphatic carbocycles. The van der Waals surface area contributed by atoms with E-state index in [2.05, 4.69) is 10.1 Å². The monoisotopic (exact) mass is 243 g/mol. The number of nitrogens with two attached hydrogens (primary N) is 2. The number of carbonyl (C=O) groups excluding carboxylic acids is 2. The molecule has 0 unspecified atom stereocenters. The highest BCUT2D eigenvalue weighted by atomic mass is 16.5. The molecular formula is C11H21N3O3. The van der Waals surface area contributed by atoms with Crippen molar-refractivity contribution in [3.63, 3.8) is 0 Å². The first-order valence-electron chi connectivity index (χ1n) is 6.00. The lowest BCUT2D eigenvalue weighted by atomic mass is 9.80. The number of amides is 2. The molecule has 6 heteroatoms. The summed E-state index contributed by atoms with van der Waals surface area (Å²) in [6.07, 6.45) is 4.69. The van der Waals surface area contributed by atoms with Crippen molar-refractivity contribution in [2.75, 3.05) is 13.2 Å². The Hall–Kier alpha value is -1.30. The van der Waals surface area contributed by atoms with Gasteiger partial charge in [0.1, 0.15) is 6.61 Å². The van der Waals surface area contributed by atoms with Gasteiger partial charge in [0.25, 0.3) is 0 Å². The average molecular weight is 243 g/mol. The van der Waals surface area contributed by atoms with E-state index in [4.69, 9.17) is 11.5 Å². The second-order valence-corrected chi connectivity index (χ2v) is 4.62. The SMILES string of the molecule is NC(=O)OCCNC(=O)CC1(N)CCCCC1. The number of ether oxygens (including phenoxy) is 1. The minimum Gasteiger partial charge on any atom is -0.448 e. The summed E-state index contributed by atoms with van der Waals surface area (Å²) in [7, 11) is 0. The van der Waals surface area contributed by atoms with E-state index in [1.165, 1.54) is 6.42 Å². The molecule has 17 heavy (non-hydrogen) atoms. The van der Waals surface area contributed by atoms with Crippen LogP contribution in [0.3, 0.4) is 0 Å². The Morgan fingerprint density at radius 2 is 1.88 bits per heavy atom. The molecule has 0 saturated heterocycles. The molecule has 6 nitrogen and oxygen atoms in total. The smallest absolute Gasteiger partial charge is 0.404 e. The minimum absolute atomic E-state index is 0.0949. The van der Waals surface area contributed by atoms with E-state index in [1.807, 2.05) is 0 Å². The summed E-state index contributed by atoms with van der Waals surface area (Å²) in [5.74, 6) is -0.0949. The quantitative estimate of drug-likeness (QED) is 0.601. The van der Waals surface area contributed by atoms with Crippen LogP contribution in [-0.2, 0) is 9.53 Å². The van der Waals surface area contributed by atoms with E-state index >= 15 is 0 Å². The lowest BCUT2D eigenvalue weighted by molar-refractivity contribution is -0.122. The summed E-state index contributed by atoms with van der Waals surface area (Å²) in [5.41, 5.74) is 10.6. The lowest BCUT2D eigenvalue weighted by Gasteiger charge is -2.32. The first-order valence-corrected chi connectivity index (χ1v) is 6.00. The van der Waals surface area contributed by atoms with Crippen LogP contribution in [0, 0.1) is 0 Å². The van der Waals surface area contributed by atoms with E-state index in [9.17, 15) is 9.59 Å². The van der Waals surface area contributed by atoms with Gasteiger partial charge in [-0.2, -0.15) is 0 Å². The molecule has 5 N–H and O–H groups in total. The van der Waals surface area contributed by atoms with Gasteiger partial charge in [-0.05, 0) is 12.8 Å². The lowest BCUT2D eigenvalue weighted by Crippen LogP contribution is -2.46. The Kier molecular flexibility index (Phi) is 5.21. The maximum absolute atomic E-state index is 11.6. The molecular weight excluding hydrogens is 222 g/mol. The van der Waals surface area contributed by atoms with Crippen LogP contribution in [-0.4, -0.2) is 30.7 Å². The molecule has 2 amide bonds. The van der Waals surface area contributed by atoms with Crippen molar-refractivity contribution in [3.8, 4) is 0 Å². The van der Waals surface area contributed by atoms with E-state index in [0.29, 0.717) is 6.42 Å². The number of carbonyl (C=O) groups is 2. The van der Waals surface area contributed by atoms with Gasteiger partial charge in [-0.3, -0.25) is 4.79 Å². The number of rotatable bonds is 5. The zero-order valence-electron chi connectivity index (χ0n) is 10.0. The normalized spacial score (nSPS) is 18.4. The molecule has 0 aromatic carbocycles. The Bertz CT molecular complexity index is 275. The summed E-state index contributed by atoms with van der Waals surface area (Å²) in [6, 6.07) is 0. The van der Waals surface area contributed by atoms with Crippen LogP contribution in [0.25, 0.3) is 0 Å². The predicted molar refractivity (Wildman–Crippen MR) is 63.2 cm³/mol. The Balaban J connectivity index is 2.17. The van der Waals surface area contributed by atoms with Crippen LogP contribution in [0.2, 0.25) is 0 Å². The molecule has 0 radical (unpaired) electrons. The van der Waals surface area contributed by atoms with Crippen LogP contribution in [0.15, 0.2) is 0 Å². The first kappa shape index (κ1) is 13.8. The highest BCUT2D eigenvalue weighted by molar-refractivity contribution is 5.77. The molecule has 0 aromatic rings. The maximum atomic E-state index is 11.6. The fraction of sp³-hybridized carbons (Fsp3) is 0.818. The zero-order chi connectivity index (χ0) is 12.7. The number of hydrogen-bond acceptors (Lipinski definition) is 4. The molecule has 1 fully saturated rings. The number of hydrogen-bond donors (Lipinski definition) is 3. The third-order valence-electron chi connectivity index (χ3n) is 3.03. The van der Waals surface area contributed by atoms with Gasteiger partial charge < -0.3 is 21.5 Å². The molecule has 0 bridgehead atoms. The van der Waals surface area contributed by atoms with Gasteiger partial charge in [0.15, 0.2) is 0 Å². The van der Waals surface area contributed by atoms with Crippen molar-refractivity contribution < 1.29 is 14.3 Å². The largest absolute Gasteiger partial charge is 0.448 e. The number of primary amides is 1. The molecule has 0 heterocycles. The van der Waals surface area contributed by atoms with Gasteiger partial charge in [0.2, 0.25) is 5.91 Å². The van der Waals surface area contributed by atoms with Gasteiger partial charge in [-0.25, -0.2) is 4.79 Å². The fourth-order valence-corrected chi connectivity index (χ4v) is 2.16. The molecule has 0 spiro atoms. The van der Waals surface area contributed by atoms with Crippen molar-refractivity contribution in [1.29, 1.82) is 0 Å². The standard InChI is InChI=1S/C11H21N3O3/c12-10(16)17-7-6-14-9(15)8-11(13)4-2-1-3-5-11/h1-8,13H2,(H2,12,16)(H,14,15). The van der Waals surface area contributed by atoms with Crippen molar-refractivity contribution in [3.05, 3.63) is 0 Å². The summed E-state index contributed by atoms with van der Waals surface area (Å²) >= 11 is 0. The van der Waals surface area contributed by atoms with Crippen LogP contribution >= 0.6 is 0 Å². The summed E-state index contributed by atoms with van der Waals surface area (Å²) in [6.45, 7) is 0.372. The van der Waals surface area contributed by atoms with Gasteiger partial charge in [0.05, 0.1) is 6.54 Å². The van der Waals surface area contributed by atoms with E-state index in [-0.39, 0.29) is 24.6 Å². The third-order valence-corrected chi connectivity index (χ3v) is 3.03. The molecule has 1 rings (SSSR count). The summed E-state index contributed by atoms with van der Waals surface area (Å²) in [5, 5.41) is 2.66. The van der Waals surface area contributed by atoms with Crippen LogP contribution < -0.4 is 16.8 Å². The molecule has 98 valence electrons. The molecule has 0 aromatic heterocycles. The summed E-state index contributed by atoms with van der Waals surface area (Å²) < 4.78 is 4.50. The molecule has 0 aliphatic heterocycles. The van der Waals surface area contributed by atoms with Crippen molar-refractivity contribution in [2.45, 2.75) is 44.1 Å². The predicted octanol–water partition coefficient (Wildman–Crippen LogP) is 0.250. The van der Waals surface area contributed by atoms with Crippen LogP contribution in [0.4, 0.5) is 4.79 Å². The van der Waals surface area contributed by atoms with Crippen molar-refractivity contribution >= 4 is 12.0 Å². The van der Waals surface area contributed by atoms with Gasteiger partial charge in [-0.1, -0.05) is 19.3 Å². The second-order valence-electron chi connectivity index (χ2n) is 4.62. The maximum Gasteiger partial charge on any atom is 0.404 e. The minimum atomic E-state index is -0.832. The van der Waals surface area contributed by atoms with Crippen LogP contribution in [0.1, 0.15) is 38.5 Å². The molecule has 1 aliphatic rings. The molecule has 1 saturated carbocycles. The Morgan fingerprint density at radius 1 is 1.24 bits per heavy atom. The topological polar surface area (TPSA) is 107 Å². The average Bonchev–Trinajstić information content (AvgIpc) is 2.24. The van der Waals surface area contributed by atoms with Gasteiger partial charge in [0, 0.05) is 12.0 Å². The highest BCUT2D eigenvalue weighted by Gasteiger charge is 2.29. The Morgan fingerprint density at radius 3 is 2.47 bits per heavy atom. The fourth-order valence-electron chi connectivity index (χ4n) is 2.16. The first-order chi connectivity index (χ1) is 8.02. The van der Waals surface area contributed by atoms with Crippen LogP contribution in [0.5, 0.6) is 0 Å². The highest BCUT2D eigenvalue weighted by Crippen LogP contribution is 2.28. The third kappa shape index (κ3) is 5.53. The number of nitrogens with one attached hydrogen (secondary N) is 1.